The highest BCUT2D eigenvalue weighted by atomic mass is 19.4. The Morgan fingerprint density at radius 3 is 2.68 bits per heavy atom. The van der Waals surface area contributed by atoms with Gasteiger partial charge in [-0.25, -0.2) is 4.99 Å². The Hall–Kier alpha value is -3.10. The number of hydrogen-bond acceptors (Lipinski definition) is 5. The molecule has 2 aromatic rings. The van der Waals surface area contributed by atoms with Crippen molar-refractivity contribution in [2.24, 2.45) is 9.98 Å². The number of fused-ring (bicyclic) bond motifs is 3. The van der Waals surface area contributed by atoms with E-state index in [4.69, 9.17) is 4.42 Å². The molecule has 2 aliphatic heterocycles. The molecule has 6 nitrogen and oxygen atoms in total. The van der Waals surface area contributed by atoms with Gasteiger partial charge in [0.05, 0.1) is 22.7 Å². The van der Waals surface area contributed by atoms with Gasteiger partial charge in [0.2, 0.25) is 5.88 Å². The Morgan fingerprint density at radius 2 is 2.04 bits per heavy atom. The molecule has 0 saturated heterocycles. The molecule has 0 saturated carbocycles. The third-order valence-electron chi connectivity index (χ3n) is 4.76. The molecule has 0 fully saturated rings. The summed E-state index contributed by atoms with van der Waals surface area (Å²) in [5.41, 5.74) is 0.272. The van der Waals surface area contributed by atoms with Gasteiger partial charge >= 0.3 is 6.18 Å². The first-order valence-corrected chi connectivity index (χ1v) is 8.79. The number of aryl methyl sites for hydroxylation is 1. The van der Waals surface area contributed by atoms with Crippen LogP contribution in [0, 0.1) is 6.92 Å². The summed E-state index contributed by atoms with van der Waals surface area (Å²) in [7, 11) is 0. The van der Waals surface area contributed by atoms with E-state index in [1.54, 1.807) is 13.3 Å². The predicted octanol–water partition coefficient (Wildman–Crippen LogP) is 4.37. The first-order valence-electron chi connectivity index (χ1n) is 8.79. The van der Waals surface area contributed by atoms with E-state index in [0.29, 0.717) is 29.6 Å². The van der Waals surface area contributed by atoms with Crippen LogP contribution in [0.5, 0.6) is 0 Å². The minimum absolute atomic E-state index is 0.105. The number of amides is 1. The second-order valence-electron chi connectivity index (χ2n) is 6.65. The molecule has 9 heteroatoms. The molecule has 4 rings (SSSR count). The molecule has 0 aliphatic carbocycles. The predicted molar refractivity (Wildman–Crippen MR) is 98.3 cm³/mol. The Balaban J connectivity index is 1.65. The molecule has 0 radical (unpaired) electrons. The summed E-state index contributed by atoms with van der Waals surface area (Å²) in [5.74, 6) is 0.825. The van der Waals surface area contributed by atoms with E-state index in [0.717, 1.165) is 18.6 Å². The summed E-state index contributed by atoms with van der Waals surface area (Å²) < 4.78 is 43.7. The number of carbonyl (C=O) groups excluding carboxylic acids is 1. The van der Waals surface area contributed by atoms with E-state index in [9.17, 15) is 18.0 Å². The molecule has 3 heterocycles. The largest absolute Gasteiger partial charge is 0.442 e. The van der Waals surface area contributed by atoms with Gasteiger partial charge in [-0.2, -0.15) is 13.2 Å². The number of aliphatic imine (C=N–C) groups is 2. The van der Waals surface area contributed by atoms with Crippen LogP contribution in [0.2, 0.25) is 0 Å². The van der Waals surface area contributed by atoms with Gasteiger partial charge in [-0.3, -0.25) is 9.79 Å². The van der Waals surface area contributed by atoms with Crippen LogP contribution in [0.4, 0.5) is 24.7 Å². The smallest absolute Gasteiger partial charge is 0.416 e. The fourth-order valence-corrected chi connectivity index (χ4v) is 3.29. The zero-order valence-corrected chi connectivity index (χ0v) is 15.2. The third kappa shape index (κ3) is 3.06. The molecule has 2 aliphatic rings. The Bertz CT molecular complexity index is 990. The van der Waals surface area contributed by atoms with Crippen molar-refractivity contribution in [3.8, 4) is 0 Å². The summed E-state index contributed by atoms with van der Waals surface area (Å²) >= 11 is 0. The molecule has 1 aromatic heterocycles. The number of furan rings is 1. The maximum Gasteiger partial charge on any atom is 0.416 e. The van der Waals surface area contributed by atoms with Crippen LogP contribution in [0.25, 0.3) is 0 Å². The molecule has 1 N–H and O–H groups in total. The van der Waals surface area contributed by atoms with Crippen LogP contribution < -0.4 is 5.32 Å². The zero-order valence-electron chi connectivity index (χ0n) is 15.2. The number of rotatable bonds is 3. The lowest BCUT2D eigenvalue weighted by Crippen LogP contribution is -2.31. The van der Waals surface area contributed by atoms with Gasteiger partial charge in [0.1, 0.15) is 17.9 Å². The van der Waals surface area contributed by atoms with Crippen LogP contribution in [-0.2, 0) is 6.18 Å². The minimum Gasteiger partial charge on any atom is -0.442 e. The lowest BCUT2D eigenvalue weighted by atomic mass is 10.1. The monoisotopic (exact) mass is 390 g/mol. The summed E-state index contributed by atoms with van der Waals surface area (Å²) in [6.45, 7) is 4.36. The summed E-state index contributed by atoms with van der Waals surface area (Å²) in [6.07, 6.45) is -1.94. The number of carbonyl (C=O) groups is 1. The number of benzene rings is 1. The van der Waals surface area contributed by atoms with Gasteiger partial charge < -0.3 is 14.6 Å². The third-order valence-corrected chi connectivity index (χ3v) is 4.76. The van der Waals surface area contributed by atoms with Crippen molar-refractivity contribution in [3.63, 3.8) is 0 Å². The topological polar surface area (TPSA) is 70.2 Å². The number of nitrogens with zero attached hydrogens (tertiary/aromatic N) is 3. The Morgan fingerprint density at radius 1 is 1.32 bits per heavy atom. The SMILES string of the molecule is CC[C@@H]1CN2C=Nc3oc(C)c(C(=O)Nc4ccc(C(F)(F)F)cc4)c3C2=N1. The molecular formula is C19H17F3N4O2. The summed E-state index contributed by atoms with van der Waals surface area (Å²) in [6, 6.07) is 4.38. The van der Waals surface area contributed by atoms with Gasteiger partial charge in [0, 0.05) is 12.2 Å². The maximum absolute atomic E-state index is 12.9. The van der Waals surface area contributed by atoms with Gasteiger partial charge in [0.15, 0.2) is 0 Å². The van der Waals surface area contributed by atoms with E-state index in [1.165, 1.54) is 12.1 Å². The molecule has 0 unspecified atom stereocenters. The Labute approximate surface area is 158 Å². The molecule has 146 valence electrons. The van der Waals surface area contributed by atoms with Gasteiger partial charge in [-0.05, 0) is 37.6 Å². The molecule has 1 aromatic carbocycles. The molecule has 0 bridgehead atoms. The summed E-state index contributed by atoms with van der Waals surface area (Å²) in [5, 5.41) is 2.63. The van der Waals surface area contributed by atoms with Crippen molar-refractivity contribution in [2.75, 3.05) is 11.9 Å². The van der Waals surface area contributed by atoms with Crippen molar-refractivity contribution in [1.29, 1.82) is 0 Å². The fourth-order valence-electron chi connectivity index (χ4n) is 3.29. The van der Waals surface area contributed by atoms with Crippen LogP contribution in [0.1, 0.15) is 40.6 Å². The number of amidine groups is 1. The molecule has 0 spiro atoms. The van der Waals surface area contributed by atoms with E-state index < -0.39 is 17.6 Å². The van der Waals surface area contributed by atoms with Gasteiger partial charge in [-0.1, -0.05) is 6.92 Å². The molecule has 1 atom stereocenters. The average molecular weight is 390 g/mol. The van der Waals surface area contributed by atoms with E-state index in [1.807, 2.05) is 11.8 Å². The molecule has 1 amide bonds. The zero-order chi connectivity index (χ0) is 20.1. The van der Waals surface area contributed by atoms with Crippen molar-refractivity contribution in [2.45, 2.75) is 32.5 Å². The normalized spacial score (nSPS) is 18.0. The number of hydrogen-bond donors (Lipinski definition) is 1. The second-order valence-corrected chi connectivity index (χ2v) is 6.65. The van der Waals surface area contributed by atoms with E-state index >= 15 is 0 Å². The lowest BCUT2D eigenvalue weighted by molar-refractivity contribution is -0.137. The highest BCUT2D eigenvalue weighted by Gasteiger charge is 2.36. The molecular weight excluding hydrogens is 373 g/mol. The number of anilines is 1. The lowest BCUT2D eigenvalue weighted by Gasteiger charge is -2.18. The second kappa shape index (κ2) is 6.50. The van der Waals surface area contributed by atoms with Gasteiger partial charge in [0.25, 0.3) is 5.91 Å². The highest BCUT2D eigenvalue weighted by Crippen LogP contribution is 2.36. The first kappa shape index (κ1) is 18.3. The van der Waals surface area contributed by atoms with E-state index in [2.05, 4.69) is 15.3 Å². The average Bonchev–Trinajstić information content (AvgIpc) is 3.20. The van der Waals surface area contributed by atoms with Crippen molar-refractivity contribution >= 4 is 29.7 Å². The van der Waals surface area contributed by atoms with Gasteiger partial charge in [-0.15, -0.1) is 0 Å². The highest BCUT2D eigenvalue weighted by molar-refractivity contribution is 6.19. The molecule has 28 heavy (non-hydrogen) atoms. The fraction of sp³-hybridized carbons (Fsp3) is 0.316. The van der Waals surface area contributed by atoms with Crippen molar-refractivity contribution in [3.05, 3.63) is 46.7 Å². The standard InChI is InChI=1S/C19H17F3N4O2/c1-3-12-8-26-9-23-18-15(16(26)24-12)14(10(2)28-18)17(27)25-13-6-4-11(5-7-13)19(20,21)22/h4-7,9,12H,3,8H2,1-2H3,(H,25,27)/t12-/m1/s1. The van der Waals surface area contributed by atoms with Crippen LogP contribution >= 0.6 is 0 Å². The van der Waals surface area contributed by atoms with E-state index in [-0.39, 0.29) is 17.3 Å². The van der Waals surface area contributed by atoms with Crippen molar-refractivity contribution in [1.82, 2.24) is 4.90 Å². The summed E-state index contributed by atoms with van der Waals surface area (Å²) in [4.78, 5) is 23.7. The number of alkyl halides is 3. The van der Waals surface area contributed by atoms with Crippen LogP contribution in [0.3, 0.4) is 0 Å². The number of halogens is 3. The van der Waals surface area contributed by atoms with Crippen LogP contribution in [0.15, 0.2) is 38.7 Å². The minimum atomic E-state index is -4.43. The first-order chi connectivity index (χ1) is 13.3. The van der Waals surface area contributed by atoms with Crippen molar-refractivity contribution < 1.29 is 22.4 Å². The Kier molecular flexibility index (Phi) is 4.24. The number of nitrogens with one attached hydrogen (secondary N) is 1. The van der Waals surface area contributed by atoms with Crippen LogP contribution in [-0.4, -0.2) is 35.6 Å². The maximum atomic E-state index is 12.9. The quantitative estimate of drug-likeness (QED) is 0.846.